The summed E-state index contributed by atoms with van der Waals surface area (Å²) in [6, 6.07) is 0. The van der Waals surface area contributed by atoms with Crippen LogP contribution in [0, 0.1) is 11.8 Å². The summed E-state index contributed by atoms with van der Waals surface area (Å²) in [6.07, 6.45) is 7.48. The smallest absolute Gasteiger partial charge is 0.0367 e. The van der Waals surface area contributed by atoms with E-state index in [1.807, 2.05) is 0 Å². The highest BCUT2D eigenvalue weighted by molar-refractivity contribution is 6.20. The molecule has 2 rings (SSSR count). The van der Waals surface area contributed by atoms with E-state index in [2.05, 4.69) is 6.92 Å². The van der Waals surface area contributed by atoms with E-state index >= 15 is 0 Å². The van der Waals surface area contributed by atoms with Crippen molar-refractivity contribution in [2.24, 2.45) is 17.6 Å². The lowest BCUT2D eigenvalue weighted by Gasteiger charge is -2.35. The molecule has 0 radical (unpaired) electrons. The average molecular weight is 202 g/mol. The zero-order chi connectivity index (χ0) is 9.47. The molecule has 0 spiro atoms. The van der Waals surface area contributed by atoms with Gasteiger partial charge in [0.2, 0.25) is 0 Å². The molecule has 13 heavy (non-hydrogen) atoms. The lowest BCUT2D eigenvalue weighted by atomic mass is 9.76. The normalized spacial score (nSPS) is 43.2. The summed E-state index contributed by atoms with van der Waals surface area (Å²) < 4.78 is 0. The van der Waals surface area contributed by atoms with E-state index in [9.17, 15) is 0 Å². The molecule has 2 N–H and O–H groups in total. The van der Waals surface area contributed by atoms with E-state index in [0.29, 0.717) is 5.38 Å². The fraction of sp³-hybridized carbons (Fsp3) is 1.00. The Labute approximate surface area is 86.0 Å². The van der Waals surface area contributed by atoms with Crippen LogP contribution < -0.4 is 5.73 Å². The fourth-order valence-electron chi connectivity index (χ4n) is 2.71. The summed E-state index contributed by atoms with van der Waals surface area (Å²) in [6.45, 7) is 2.25. The molecular weight excluding hydrogens is 182 g/mol. The van der Waals surface area contributed by atoms with Gasteiger partial charge in [-0.1, -0.05) is 13.3 Å². The molecule has 2 heteroatoms. The van der Waals surface area contributed by atoms with Crippen LogP contribution in [0.1, 0.15) is 45.4 Å². The second-order valence-corrected chi connectivity index (χ2v) is 5.49. The van der Waals surface area contributed by atoms with Crippen molar-refractivity contribution < 1.29 is 0 Å². The highest BCUT2D eigenvalue weighted by atomic mass is 35.5. The molecule has 76 valence electrons. The van der Waals surface area contributed by atoms with Crippen LogP contribution in [-0.2, 0) is 0 Å². The van der Waals surface area contributed by atoms with Crippen molar-refractivity contribution in [2.45, 2.75) is 56.4 Å². The maximum atomic E-state index is 6.36. The maximum absolute atomic E-state index is 6.36. The van der Waals surface area contributed by atoms with Crippen molar-refractivity contribution in [2.75, 3.05) is 0 Å². The van der Waals surface area contributed by atoms with Gasteiger partial charge < -0.3 is 5.73 Å². The third-order valence-corrected chi connectivity index (χ3v) is 4.61. The first-order valence-electron chi connectivity index (χ1n) is 5.58. The Bertz CT molecular complexity index is 189. The highest BCUT2D eigenvalue weighted by Crippen LogP contribution is 2.48. The molecular formula is C11H20ClN. The van der Waals surface area contributed by atoms with Gasteiger partial charge in [-0.2, -0.15) is 0 Å². The minimum atomic E-state index is 0.200. The van der Waals surface area contributed by atoms with Gasteiger partial charge in [-0.05, 0) is 43.9 Å². The molecule has 0 bridgehead atoms. The molecule has 0 aromatic heterocycles. The Morgan fingerprint density at radius 3 is 2.54 bits per heavy atom. The van der Waals surface area contributed by atoms with E-state index in [-0.39, 0.29) is 5.54 Å². The van der Waals surface area contributed by atoms with Crippen LogP contribution >= 0.6 is 11.6 Å². The van der Waals surface area contributed by atoms with Crippen LogP contribution in [0.5, 0.6) is 0 Å². The number of hydrogen-bond donors (Lipinski definition) is 1. The second kappa shape index (κ2) is 3.43. The number of alkyl halides is 1. The quantitative estimate of drug-likeness (QED) is 0.684. The number of nitrogens with two attached hydrogens (primary N) is 1. The van der Waals surface area contributed by atoms with E-state index < -0.39 is 0 Å². The minimum Gasteiger partial charge on any atom is -0.325 e. The Kier molecular flexibility index (Phi) is 2.59. The summed E-state index contributed by atoms with van der Waals surface area (Å²) in [5.74, 6) is 1.47. The van der Waals surface area contributed by atoms with Crippen molar-refractivity contribution in [3.05, 3.63) is 0 Å². The van der Waals surface area contributed by atoms with Gasteiger partial charge in [0, 0.05) is 10.9 Å². The summed E-state index contributed by atoms with van der Waals surface area (Å²) in [5.41, 5.74) is 6.41. The van der Waals surface area contributed by atoms with Crippen LogP contribution in [0.15, 0.2) is 0 Å². The minimum absolute atomic E-state index is 0.200. The van der Waals surface area contributed by atoms with Gasteiger partial charge in [-0.25, -0.2) is 0 Å². The predicted octanol–water partition coefficient (Wildman–Crippen LogP) is 2.91. The van der Waals surface area contributed by atoms with Crippen LogP contribution in [0.2, 0.25) is 0 Å². The van der Waals surface area contributed by atoms with Gasteiger partial charge >= 0.3 is 0 Å². The third kappa shape index (κ3) is 1.87. The summed E-state index contributed by atoms with van der Waals surface area (Å²) in [5, 5.41) is 0.393. The van der Waals surface area contributed by atoms with E-state index in [0.717, 1.165) is 18.3 Å². The van der Waals surface area contributed by atoms with Crippen LogP contribution in [0.3, 0.4) is 0 Å². The molecule has 3 atom stereocenters. The molecule has 3 unspecified atom stereocenters. The summed E-state index contributed by atoms with van der Waals surface area (Å²) in [4.78, 5) is 0. The SMILES string of the molecule is CCC1CCC(C2(N)CC2)CC1Cl. The zero-order valence-corrected chi connectivity index (χ0v) is 9.19. The summed E-state index contributed by atoms with van der Waals surface area (Å²) >= 11 is 6.36. The molecule has 1 nitrogen and oxygen atoms in total. The van der Waals surface area contributed by atoms with Crippen LogP contribution in [0.4, 0.5) is 0 Å². The number of halogens is 1. The standard InChI is InChI=1S/C11H20ClN/c1-2-8-3-4-9(7-10(8)12)11(13)5-6-11/h8-10H,2-7,13H2,1H3. The first-order valence-corrected chi connectivity index (χ1v) is 6.02. The summed E-state index contributed by atoms with van der Waals surface area (Å²) in [7, 11) is 0. The molecule has 0 amide bonds. The molecule has 0 aliphatic heterocycles. The third-order valence-electron chi connectivity index (χ3n) is 4.07. The monoisotopic (exact) mass is 201 g/mol. The lowest BCUT2D eigenvalue weighted by Crippen LogP contribution is -2.38. The molecule has 2 saturated carbocycles. The Hall–Kier alpha value is 0.250. The lowest BCUT2D eigenvalue weighted by molar-refractivity contribution is 0.234. The Morgan fingerprint density at radius 2 is 2.08 bits per heavy atom. The van der Waals surface area contributed by atoms with Crippen LogP contribution in [-0.4, -0.2) is 10.9 Å². The first kappa shape index (κ1) is 9.79. The van der Waals surface area contributed by atoms with E-state index in [1.54, 1.807) is 0 Å². The van der Waals surface area contributed by atoms with Crippen LogP contribution in [0.25, 0.3) is 0 Å². The number of rotatable bonds is 2. The molecule has 2 fully saturated rings. The number of hydrogen-bond acceptors (Lipinski definition) is 1. The van der Waals surface area contributed by atoms with E-state index in [4.69, 9.17) is 17.3 Å². The van der Waals surface area contributed by atoms with Gasteiger partial charge in [0.1, 0.15) is 0 Å². The first-order chi connectivity index (χ1) is 6.15. The van der Waals surface area contributed by atoms with Crippen molar-refractivity contribution in [3.63, 3.8) is 0 Å². The molecule has 0 saturated heterocycles. The van der Waals surface area contributed by atoms with Crippen molar-refractivity contribution in [3.8, 4) is 0 Å². The van der Waals surface area contributed by atoms with Gasteiger partial charge in [0.25, 0.3) is 0 Å². The van der Waals surface area contributed by atoms with Gasteiger partial charge in [-0.3, -0.25) is 0 Å². The molecule has 2 aliphatic rings. The average Bonchev–Trinajstić information content (AvgIpc) is 2.85. The largest absolute Gasteiger partial charge is 0.325 e. The maximum Gasteiger partial charge on any atom is 0.0367 e. The van der Waals surface area contributed by atoms with Crippen molar-refractivity contribution >= 4 is 11.6 Å². The molecule has 0 aromatic rings. The van der Waals surface area contributed by atoms with Gasteiger partial charge in [0.05, 0.1) is 0 Å². The second-order valence-electron chi connectivity index (χ2n) is 4.93. The van der Waals surface area contributed by atoms with Crippen molar-refractivity contribution in [1.29, 1.82) is 0 Å². The van der Waals surface area contributed by atoms with Crippen molar-refractivity contribution in [1.82, 2.24) is 0 Å². The predicted molar refractivity (Wildman–Crippen MR) is 56.9 cm³/mol. The van der Waals surface area contributed by atoms with E-state index in [1.165, 1.54) is 32.1 Å². The highest BCUT2D eigenvalue weighted by Gasteiger charge is 2.47. The fourth-order valence-corrected chi connectivity index (χ4v) is 3.23. The topological polar surface area (TPSA) is 26.0 Å². The van der Waals surface area contributed by atoms with Gasteiger partial charge in [-0.15, -0.1) is 11.6 Å². The Morgan fingerprint density at radius 1 is 1.38 bits per heavy atom. The zero-order valence-electron chi connectivity index (χ0n) is 8.43. The van der Waals surface area contributed by atoms with Gasteiger partial charge in [0.15, 0.2) is 0 Å². The molecule has 0 aromatic carbocycles. The molecule has 2 aliphatic carbocycles. The Balaban J connectivity index is 1.91. The molecule has 0 heterocycles.